The molecule has 4 heterocycles. The number of carbonyl (C=O) groups excluding carboxylic acids is 1. The molecular formula is C27H26N6O. The molecular weight excluding hydrogens is 424 g/mol. The van der Waals surface area contributed by atoms with Gasteiger partial charge in [0.2, 0.25) is 5.91 Å². The first-order valence-electron chi connectivity index (χ1n) is 11.8. The standard InChI is InChI=1S/C27H26N6O/c34-26(11-17-7-9-28-10-8-17)30-21-12-20(15-29-16-21)18-5-6-24-22(13-18)27(33-32-24)25-14-19-3-1-2-4-23(19)31-25/h1-6,12-17,28,31H,7-11H2,(H,30,34)(H,32,33). The summed E-state index contributed by atoms with van der Waals surface area (Å²) < 4.78 is 0. The summed E-state index contributed by atoms with van der Waals surface area (Å²) in [6.45, 7) is 1.98. The second-order valence-corrected chi connectivity index (χ2v) is 9.01. The summed E-state index contributed by atoms with van der Waals surface area (Å²) in [4.78, 5) is 20.4. The molecule has 0 atom stereocenters. The van der Waals surface area contributed by atoms with E-state index >= 15 is 0 Å². The van der Waals surface area contributed by atoms with Gasteiger partial charge in [-0.3, -0.25) is 14.9 Å². The highest BCUT2D eigenvalue weighted by atomic mass is 16.1. The Morgan fingerprint density at radius 1 is 0.971 bits per heavy atom. The number of carbonyl (C=O) groups is 1. The van der Waals surface area contributed by atoms with Crippen LogP contribution in [0.2, 0.25) is 0 Å². The lowest BCUT2D eigenvalue weighted by atomic mass is 9.94. The fourth-order valence-electron chi connectivity index (χ4n) is 4.83. The SMILES string of the molecule is O=C(CC1CCNCC1)Nc1cncc(-c2ccc3[nH]nc(-c4cc5ccccc5[nH]4)c3c2)c1. The van der Waals surface area contributed by atoms with Crippen LogP contribution in [0, 0.1) is 5.92 Å². The van der Waals surface area contributed by atoms with Crippen LogP contribution in [0.5, 0.6) is 0 Å². The number of hydrogen-bond donors (Lipinski definition) is 4. The maximum Gasteiger partial charge on any atom is 0.224 e. The first kappa shape index (κ1) is 20.6. The van der Waals surface area contributed by atoms with Gasteiger partial charge in [-0.25, -0.2) is 0 Å². The average Bonchev–Trinajstić information content (AvgIpc) is 3.48. The molecule has 0 saturated carbocycles. The van der Waals surface area contributed by atoms with E-state index in [4.69, 9.17) is 0 Å². The Hall–Kier alpha value is -3.97. The van der Waals surface area contributed by atoms with Crippen LogP contribution in [0.25, 0.3) is 44.3 Å². The molecule has 0 bridgehead atoms. The van der Waals surface area contributed by atoms with Crippen LogP contribution in [0.1, 0.15) is 19.3 Å². The molecule has 6 rings (SSSR count). The number of pyridine rings is 1. The largest absolute Gasteiger partial charge is 0.353 e. The van der Waals surface area contributed by atoms with Gasteiger partial charge in [0.15, 0.2) is 0 Å². The van der Waals surface area contributed by atoms with Gasteiger partial charge in [-0.2, -0.15) is 5.10 Å². The van der Waals surface area contributed by atoms with Crippen molar-refractivity contribution in [3.63, 3.8) is 0 Å². The van der Waals surface area contributed by atoms with Crippen molar-refractivity contribution in [1.29, 1.82) is 0 Å². The lowest BCUT2D eigenvalue weighted by Gasteiger charge is -2.21. The van der Waals surface area contributed by atoms with Gasteiger partial charge in [0.25, 0.3) is 0 Å². The summed E-state index contributed by atoms with van der Waals surface area (Å²) in [5.41, 5.74) is 6.60. The molecule has 5 aromatic rings. The normalized spacial score (nSPS) is 14.6. The molecule has 7 heteroatoms. The molecule has 1 amide bonds. The number of aromatic amines is 2. The van der Waals surface area contributed by atoms with Crippen molar-refractivity contribution in [1.82, 2.24) is 25.5 Å². The van der Waals surface area contributed by atoms with Gasteiger partial charge in [0, 0.05) is 34.5 Å². The van der Waals surface area contributed by atoms with E-state index in [1.165, 1.54) is 0 Å². The number of fused-ring (bicyclic) bond motifs is 2. The molecule has 1 saturated heterocycles. The Balaban J connectivity index is 1.27. The van der Waals surface area contributed by atoms with Crippen LogP contribution < -0.4 is 10.6 Å². The van der Waals surface area contributed by atoms with Gasteiger partial charge in [-0.15, -0.1) is 0 Å². The van der Waals surface area contributed by atoms with Crippen molar-refractivity contribution in [2.24, 2.45) is 5.92 Å². The summed E-state index contributed by atoms with van der Waals surface area (Å²) >= 11 is 0. The molecule has 0 spiro atoms. The van der Waals surface area contributed by atoms with Crippen LogP contribution in [0.15, 0.2) is 67.0 Å². The van der Waals surface area contributed by atoms with Crippen molar-refractivity contribution < 1.29 is 4.79 Å². The van der Waals surface area contributed by atoms with E-state index in [2.05, 4.69) is 55.1 Å². The van der Waals surface area contributed by atoms with Gasteiger partial charge in [0.05, 0.1) is 23.1 Å². The molecule has 0 radical (unpaired) electrons. The minimum atomic E-state index is 0.0530. The summed E-state index contributed by atoms with van der Waals surface area (Å²) in [5, 5.41) is 16.3. The zero-order chi connectivity index (χ0) is 22.9. The Kier molecular flexibility index (Phi) is 5.31. The molecule has 34 heavy (non-hydrogen) atoms. The smallest absolute Gasteiger partial charge is 0.224 e. The number of nitrogens with zero attached hydrogens (tertiary/aromatic N) is 2. The van der Waals surface area contributed by atoms with E-state index in [0.717, 1.165) is 75.9 Å². The average molecular weight is 451 g/mol. The van der Waals surface area contributed by atoms with E-state index in [-0.39, 0.29) is 5.91 Å². The molecule has 7 nitrogen and oxygen atoms in total. The van der Waals surface area contributed by atoms with Crippen molar-refractivity contribution in [3.05, 3.63) is 67.0 Å². The molecule has 1 aliphatic heterocycles. The monoisotopic (exact) mass is 450 g/mol. The van der Waals surface area contributed by atoms with Crippen LogP contribution in [-0.4, -0.2) is 39.2 Å². The number of nitrogens with one attached hydrogen (secondary N) is 4. The van der Waals surface area contributed by atoms with Gasteiger partial charge in [-0.05, 0) is 67.7 Å². The topological polar surface area (TPSA) is 98.5 Å². The third-order valence-corrected chi connectivity index (χ3v) is 6.64. The number of rotatable bonds is 5. The van der Waals surface area contributed by atoms with Crippen molar-refractivity contribution in [2.75, 3.05) is 18.4 Å². The summed E-state index contributed by atoms with van der Waals surface area (Å²) in [6, 6.07) is 18.5. The minimum Gasteiger partial charge on any atom is -0.353 e. The molecule has 170 valence electrons. The fourth-order valence-corrected chi connectivity index (χ4v) is 4.83. The lowest BCUT2D eigenvalue weighted by Crippen LogP contribution is -2.30. The predicted molar refractivity (Wildman–Crippen MR) is 135 cm³/mol. The molecule has 0 aliphatic carbocycles. The van der Waals surface area contributed by atoms with Crippen molar-refractivity contribution in [2.45, 2.75) is 19.3 Å². The molecule has 0 unspecified atom stereocenters. The maximum absolute atomic E-state index is 12.6. The van der Waals surface area contributed by atoms with Gasteiger partial charge >= 0.3 is 0 Å². The van der Waals surface area contributed by atoms with Crippen LogP contribution in [0.4, 0.5) is 5.69 Å². The second-order valence-electron chi connectivity index (χ2n) is 9.01. The van der Waals surface area contributed by atoms with Gasteiger partial charge in [-0.1, -0.05) is 24.3 Å². The second kappa shape index (κ2) is 8.76. The number of aromatic nitrogens is 4. The number of hydrogen-bond acceptors (Lipinski definition) is 4. The van der Waals surface area contributed by atoms with E-state index in [9.17, 15) is 4.79 Å². The van der Waals surface area contributed by atoms with Crippen molar-refractivity contribution >= 4 is 33.4 Å². The number of benzene rings is 2. The first-order chi connectivity index (χ1) is 16.7. The molecule has 1 aliphatic rings. The van der Waals surface area contributed by atoms with E-state index in [1.54, 1.807) is 6.20 Å². The Bertz CT molecular complexity index is 1440. The highest BCUT2D eigenvalue weighted by Gasteiger charge is 2.17. The predicted octanol–water partition coefficient (Wildman–Crippen LogP) is 5.10. The molecule has 2 aromatic carbocycles. The highest BCUT2D eigenvalue weighted by molar-refractivity contribution is 5.98. The molecule has 3 aromatic heterocycles. The number of para-hydroxylation sites is 1. The number of anilines is 1. The zero-order valence-corrected chi connectivity index (χ0v) is 18.8. The third-order valence-electron chi connectivity index (χ3n) is 6.64. The van der Waals surface area contributed by atoms with Gasteiger partial charge < -0.3 is 15.6 Å². The quantitative estimate of drug-likeness (QED) is 0.299. The lowest BCUT2D eigenvalue weighted by molar-refractivity contribution is -0.117. The number of amides is 1. The fraction of sp³-hybridized carbons (Fsp3) is 0.222. The molecule has 1 fully saturated rings. The zero-order valence-electron chi connectivity index (χ0n) is 18.8. The van der Waals surface area contributed by atoms with Crippen LogP contribution in [0.3, 0.4) is 0 Å². The Morgan fingerprint density at radius 3 is 2.74 bits per heavy atom. The van der Waals surface area contributed by atoms with Crippen LogP contribution in [-0.2, 0) is 4.79 Å². The van der Waals surface area contributed by atoms with E-state index in [0.29, 0.717) is 12.3 Å². The Morgan fingerprint density at radius 2 is 1.85 bits per heavy atom. The maximum atomic E-state index is 12.6. The molecule has 4 N–H and O–H groups in total. The van der Waals surface area contributed by atoms with Crippen molar-refractivity contribution in [3.8, 4) is 22.5 Å². The number of piperidine rings is 1. The van der Waals surface area contributed by atoms with E-state index < -0.39 is 0 Å². The number of H-pyrrole nitrogens is 2. The highest BCUT2D eigenvalue weighted by Crippen LogP contribution is 2.32. The Labute approximate surface area is 197 Å². The summed E-state index contributed by atoms with van der Waals surface area (Å²) in [7, 11) is 0. The first-order valence-corrected chi connectivity index (χ1v) is 11.8. The summed E-state index contributed by atoms with van der Waals surface area (Å²) in [5.74, 6) is 0.501. The summed E-state index contributed by atoms with van der Waals surface area (Å²) in [6.07, 6.45) is 6.19. The van der Waals surface area contributed by atoms with Gasteiger partial charge in [0.1, 0.15) is 5.69 Å². The third kappa shape index (κ3) is 4.06. The minimum absolute atomic E-state index is 0.0530. The van der Waals surface area contributed by atoms with Crippen LogP contribution >= 0.6 is 0 Å². The van der Waals surface area contributed by atoms with E-state index in [1.807, 2.05) is 36.5 Å².